The Labute approximate surface area is 102 Å². The maximum atomic E-state index is 9.58. The second-order valence-electron chi connectivity index (χ2n) is 4.56. The van der Waals surface area contributed by atoms with Crippen LogP contribution in [0.2, 0.25) is 0 Å². The molecule has 2 aliphatic carbocycles. The molecule has 92 valence electrons. The lowest BCUT2D eigenvalue weighted by Gasteiger charge is -2.31. The Morgan fingerprint density at radius 3 is 2.76 bits per heavy atom. The van der Waals surface area contributed by atoms with Crippen molar-refractivity contribution < 1.29 is 5.11 Å². The van der Waals surface area contributed by atoms with E-state index in [2.05, 4.69) is 17.5 Å². The molecule has 0 amide bonds. The van der Waals surface area contributed by atoms with Crippen molar-refractivity contribution in [1.29, 1.82) is 0 Å². The lowest BCUT2D eigenvalue weighted by atomic mass is 9.80. The Hall–Kier alpha value is -1.48. The van der Waals surface area contributed by atoms with Gasteiger partial charge in [-0.1, -0.05) is 31.2 Å². The van der Waals surface area contributed by atoms with Crippen LogP contribution in [0.4, 0.5) is 0 Å². The minimum atomic E-state index is -0.301. The summed E-state index contributed by atoms with van der Waals surface area (Å²) in [5, 5.41) is 12.9. The van der Waals surface area contributed by atoms with E-state index in [1.165, 1.54) is 0 Å². The van der Waals surface area contributed by atoms with Gasteiger partial charge in [-0.15, -0.1) is 0 Å². The molecule has 0 aromatic heterocycles. The van der Waals surface area contributed by atoms with Crippen LogP contribution >= 0.6 is 0 Å². The summed E-state index contributed by atoms with van der Waals surface area (Å²) in [5.41, 5.74) is 8.03. The number of aliphatic hydroxyl groups excluding tert-OH is 1. The summed E-state index contributed by atoms with van der Waals surface area (Å²) in [6.07, 6.45) is 12.8. The van der Waals surface area contributed by atoms with Crippen LogP contribution < -0.4 is 11.1 Å². The van der Waals surface area contributed by atoms with Gasteiger partial charge in [0.1, 0.15) is 0 Å². The van der Waals surface area contributed by atoms with Crippen molar-refractivity contribution in [3.05, 3.63) is 47.9 Å². The van der Waals surface area contributed by atoms with Crippen LogP contribution in [0.5, 0.6) is 0 Å². The third kappa shape index (κ3) is 2.61. The first-order valence-corrected chi connectivity index (χ1v) is 6.16. The highest BCUT2D eigenvalue weighted by Gasteiger charge is 2.27. The second-order valence-corrected chi connectivity index (χ2v) is 4.56. The molecule has 3 heteroatoms. The molecule has 0 spiro atoms. The van der Waals surface area contributed by atoms with Gasteiger partial charge in [-0.25, -0.2) is 0 Å². The van der Waals surface area contributed by atoms with Gasteiger partial charge in [-0.3, -0.25) is 0 Å². The molecule has 0 saturated heterocycles. The molecule has 3 atom stereocenters. The van der Waals surface area contributed by atoms with E-state index < -0.39 is 0 Å². The van der Waals surface area contributed by atoms with E-state index in [1.807, 2.05) is 31.2 Å². The average molecular weight is 232 g/mol. The van der Waals surface area contributed by atoms with E-state index in [-0.39, 0.29) is 12.0 Å². The zero-order valence-corrected chi connectivity index (χ0v) is 10.1. The Bertz CT molecular complexity index is 393. The molecular weight excluding hydrogens is 212 g/mol. The molecule has 0 aromatic rings. The number of nitrogens with one attached hydrogen (secondary N) is 1. The average Bonchev–Trinajstić information content (AvgIpc) is 2.36. The number of fused-ring (bicyclic) bond motifs is 1. The quantitative estimate of drug-likeness (QED) is 0.687. The Kier molecular flexibility index (Phi) is 3.69. The topological polar surface area (TPSA) is 58.3 Å². The van der Waals surface area contributed by atoms with Gasteiger partial charge in [0.05, 0.1) is 6.10 Å². The van der Waals surface area contributed by atoms with Crippen LogP contribution in [-0.2, 0) is 0 Å². The van der Waals surface area contributed by atoms with Gasteiger partial charge in [-0.05, 0) is 18.6 Å². The molecule has 3 unspecified atom stereocenters. The Balaban J connectivity index is 2.06. The fraction of sp³-hybridized carbons (Fsp3) is 0.429. The first-order chi connectivity index (χ1) is 8.22. The standard InChI is InChI=1S/C14H20N2O/c1-2-11(17)9-16-13-8-4-6-10-5-3-7-12(15)14(10)13/h3-8,10-11,14,16-17H,2,9,15H2,1H3. The molecule has 3 nitrogen and oxygen atoms in total. The first kappa shape index (κ1) is 12.0. The van der Waals surface area contributed by atoms with Crippen LogP contribution in [0.3, 0.4) is 0 Å². The third-order valence-electron chi connectivity index (χ3n) is 3.32. The van der Waals surface area contributed by atoms with Gasteiger partial charge >= 0.3 is 0 Å². The predicted octanol–water partition coefficient (Wildman–Crippen LogP) is 1.45. The molecule has 0 saturated carbocycles. The summed E-state index contributed by atoms with van der Waals surface area (Å²) in [5.74, 6) is 0.542. The summed E-state index contributed by atoms with van der Waals surface area (Å²) in [7, 11) is 0. The number of hydrogen-bond acceptors (Lipinski definition) is 3. The van der Waals surface area contributed by atoms with Crippen molar-refractivity contribution in [1.82, 2.24) is 5.32 Å². The number of allylic oxidation sites excluding steroid dienone is 6. The van der Waals surface area contributed by atoms with E-state index in [0.717, 1.165) is 17.8 Å². The highest BCUT2D eigenvalue weighted by atomic mass is 16.3. The molecule has 2 aliphatic rings. The van der Waals surface area contributed by atoms with Crippen LogP contribution in [-0.4, -0.2) is 17.8 Å². The maximum absolute atomic E-state index is 9.58. The van der Waals surface area contributed by atoms with E-state index in [9.17, 15) is 5.11 Å². The summed E-state index contributed by atoms with van der Waals surface area (Å²) in [6.45, 7) is 2.55. The van der Waals surface area contributed by atoms with Gasteiger partial charge in [0.15, 0.2) is 0 Å². The fourth-order valence-electron chi connectivity index (χ4n) is 2.23. The van der Waals surface area contributed by atoms with Gasteiger partial charge in [0, 0.05) is 29.8 Å². The molecule has 0 radical (unpaired) electrons. The fourth-order valence-corrected chi connectivity index (χ4v) is 2.23. The lowest BCUT2D eigenvalue weighted by molar-refractivity contribution is 0.169. The largest absolute Gasteiger partial charge is 0.401 e. The predicted molar refractivity (Wildman–Crippen MR) is 69.9 cm³/mol. The monoisotopic (exact) mass is 232 g/mol. The number of hydrogen-bond donors (Lipinski definition) is 3. The van der Waals surface area contributed by atoms with Gasteiger partial charge in [0.2, 0.25) is 0 Å². The molecule has 0 bridgehead atoms. The third-order valence-corrected chi connectivity index (χ3v) is 3.32. The van der Waals surface area contributed by atoms with E-state index in [0.29, 0.717) is 12.5 Å². The van der Waals surface area contributed by atoms with Gasteiger partial charge in [-0.2, -0.15) is 0 Å². The number of nitrogens with two attached hydrogens (primary N) is 1. The summed E-state index contributed by atoms with van der Waals surface area (Å²) in [6, 6.07) is 0. The highest BCUT2D eigenvalue weighted by Crippen LogP contribution is 2.32. The van der Waals surface area contributed by atoms with Gasteiger partial charge < -0.3 is 16.2 Å². The minimum absolute atomic E-state index is 0.203. The summed E-state index contributed by atoms with van der Waals surface area (Å²) < 4.78 is 0. The van der Waals surface area contributed by atoms with Crippen molar-refractivity contribution in [2.75, 3.05) is 6.54 Å². The van der Waals surface area contributed by atoms with Crippen LogP contribution in [0.25, 0.3) is 0 Å². The molecule has 0 fully saturated rings. The molecule has 2 rings (SSSR count). The normalized spacial score (nSPS) is 28.1. The van der Waals surface area contributed by atoms with E-state index in [1.54, 1.807) is 0 Å². The molecule has 4 N–H and O–H groups in total. The number of rotatable bonds is 4. The number of aliphatic hydroxyl groups is 1. The molecule has 17 heavy (non-hydrogen) atoms. The van der Waals surface area contributed by atoms with Crippen molar-refractivity contribution in [3.8, 4) is 0 Å². The minimum Gasteiger partial charge on any atom is -0.401 e. The zero-order valence-electron chi connectivity index (χ0n) is 10.1. The van der Waals surface area contributed by atoms with Crippen LogP contribution in [0, 0.1) is 11.8 Å². The molecule has 0 aromatic carbocycles. The maximum Gasteiger partial charge on any atom is 0.0709 e. The van der Waals surface area contributed by atoms with Crippen molar-refractivity contribution in [3.63, 3.8) is 0 Å². The Morgan fingerprint density at radius 2 is 2.06 bits per heavy atom. The van der Waals surface area contributed by atoms with Crippen LogP contribution in [0.15, 0.2) is 47.9 Å². The molecule has 0 heterocycles. The first-order valence-electron chi connectivity index (χ1n) is 6.16. The molecule has 0 aliphatic heterocycles. The van der Waals surface area contributed by atoms with E-state index >= 15 is 0 Å². The summed E-state index contributed by atoms with van der Waals surface area (Å²) >= 11 is 0. The highest BCUT2D eigenvalue weighted by molar-refractivity contribution is 5.36. The van der Waals surface area contributed by atoms with Crippen LogP contribution in [0.1, 0.15) is 13.3 Å². The summed E-state index contributed by atoms with van der Waals surface area (Å²) in [4.78, 5) is 0. The van der Waals surface area contributed by atoms with Gasteiger partial charge in [0.25, 0.3) is 0 Å². The Morgan fingerprint density at radius 1 is 1.35 bits per heavy atom. The second kappa shape index (κ2) is 5.23. The SMILES string of the molecule is CCC(O)CNC1=CC=CC2C=CC=C(N)C12. The smallest absolute Gasteiger partial charge is 0.0709 e. The molecular formula is C14H20N2O. The van der Waals surface area contributed by atoms with Crippen molar-refractivity contribution >= 4 is 0 Å². The van der Waals surface area contributed by atoms with Crippen molar-refractivity contribution in [2.45, 2.75) is 19.4 Å². The van der Waals surface area contributed by atoms with Crippen molar-refractivity contribution in [2.24, 2.45) is 17.6 Å². The van der Waals surface area contributed by atoms with E-state index in [4.69, 9.17) is 5.73 Å². The lowest BCUT2D eigenvalue weighted by Crippen LogP contribution is -2.35. The zero-order chi connectivity index (χ0) is 12.3.